The maximum atomic E-state index is 3.80. The minimum Gasteiger partial charge on any atom is -0.0961 e. The van der Waals surface area contributed by atoms with Gasteiger partial charge >= 0.3 is 0 Å². The molecule has 0 N–H and O–H groups in total. The Kier molecular flexibility index (Phi) is 4.12. The van der Waals surface area contributed by atoms with Crippen LogP contribution in [0, 0.1) is 0 Å². The van der Waals surface area contributed by atoms with E-state index in [4.69, 9.17) is 0 Å². The largest absolute Gasteiger partial charge is 0.0961 e. The molecule has 0 aromatic carbocycles. The summed E-state index contributed by atoms with van der Waals surface area (Å²) in [5.74, 6) is 0. The SMILES string of the molecule is C=C(C)/C=C(\C)CCC. The van der Waals surface area contributed by atoms with Gasteiger partial charge in [-0.1, -0.05) is 37.1 Å². The Labute approximate surface area is 58.3 Å². The van der Waals surface area contributed by atoms with Gasteiger partial charge in [-0.05, 0) is 20.3 Å². The molecular formula is C9H16. The van der Waals surface area contributed by atoms with Crippen molar-refractivity contribution < 1.29 is 0 Å². The zero-order valence-corrected chi connectivity index (χ0v) is 6.70. The molecule has 0 unspecified atom stereocenters. The van der Waals surface area contributed by atoms with Crippen LogP contribution in [-0.2, 0) is 0 Å². The van der Waals surface area contributed by atoms with Crippen molar-refractivity contribution in [3.63, 3.8) is 0 Å². The Bertz CT molecular complexity index is 118. The second-order valence-corrected chi connectivity index (χ2v) is 2.59. The van der Waals surface area contributed by atoms with Gasteiger partial charge in [0.1, 0.15) is 0 Å². The van der Waals surface area contributed by atoms with Crippen molar-refractivity contribution >= 4 is 0 Å². The van der Waals surface area contributed by atoms with Gasteiger partial charge in [-0.2, -0.15) is 0 Å². The summed E-state index contributed by atoms with van der Waals surface area (Å²) in [5, 5.41) is 0. The lowest BCUT2D eigenvalue weighted by molar-refractivity contribution is 0.904. The predicted molar refractivity (Wildman–Crippen MR) is 43.5 cm³/mol. The molecule has 0 radical (unpaired) electrons. The van der Waals surface area contributed by atoms with E-state index in [1.165, 1.54) is 18.4 Å². The molecule has 0 nitrogen and oxygen atoms in total. The molecule has 0 bridgehead atoms. The summed E-state index contributed by atoms with van der Waals surface area (Å²) in [4.78, 5) is 0. The molecule has 0 saturated heterocycles. The number of hydrogen-bond donors (Lipinski definition) is 0. The highest BCUT2D eigenvalue weighted by Gasteiger charge is 1.84. The van der Waals surface area contributed by atoms with E-state index in [2.05, 4.69) is 26.5 Å². The van der Waals surface area contributed by atoms with Gasteiger partial charge in [-0.25, -0.2) is 0 Å². The monoisotopic (exact) mass is 124 g/mol. The van der Waals surface area contributed by atoms with Crippen LogP contribution in [0.2, 0.25) is 0 Å². The molecule has 52 valence electrons. The second kappa shape index (κ2) is 4.37. The minimum absolute atomic E-state index is 1.15. The Hall–Kier alpha value is -0.520. The first-order valence-electron chi connectivity index (χ1n) is 3.49. The van der Waals surface area contributed by atoms with Gasteiger partial charge in [-0.15, -0.1) is 0 Å². The molecule has 0 atom stereocenters. The molecule has 0 amide bonds. The zero-order valence-electron chi connectivity index (χ0n) is 6.70. The van der Waals surface area contributed by atoms with Crippen molar-refractivity contribution in [1.29, 1.82) is 0 Å². The summed E-state index contributed by atoms with van der Waals surface area (Å²) >= 11 is 0. The van der Waals surface area contributed by atoms with Gasteiger partial charge in [-0.3, -0.25) is 0 Å². The van der Waals surface area contributed by atoms with Crippen LogP contribution in [0.15, 0.2) is 23.8 Å². The Morgan fingerprint density at radius 1 is 1.44 bits per heavy atom. The van der Waals surface area contributed by atoms with Crippen LogP contribution in [0.4, 0.5) is 0 Å². The molecule has 0 aliphatic carbocycles. The average Bonchev–Trinajstić information content (AvgIpc) is 1.63. The van der Waals surface area contributed by atoms with Crippen molar-refractivity contribution in [3.05, 3.63) is 23.8 Å². The van der Waals surface area contributed by atoms with E-state index in [1.54, 1.807) is 0 Å². The lowest BCUT2D eigenvalue weighted by Gasteiger charge is -1.95. The average molecular weight is 124 g/mol. The molecule has 0 aliphatic rings. The van der Waals surface area contributed by atoms with Crippen molar-refractivity contribution in [2.24, 2.45) is 0 Å². The molecule has 0 heterocycles. The molecule has 0 rings (SSSR count). The minimum atomic E-state index is 1.15. The molecule has 0 saturated carbocycles. The van der Waals surface area contributed by atoms with Crippen LogP contribution in [0.25, 0.3) is 0 Å². The molecule has 0 heteroatoms. The summed E-state index contributed by atoms with van der Waals surface area (Å²) in [6, 6.07) is 0. The van der Waals surface area contributed by atoms with Crippen molar-refractivity contribution in [1.82, 2.24) is 0 Å². The van der Waals surface area contributed by atoms with E-state index in [0.29, 0.717) is 0 Å². The fourth-order valence-corrected chi connectivity index (χ4v) is 0.887. The summed E-state index contributed by atoms with van der Waals surface area (Å²) < 4.78 is 0. The van der Waals surface area contributed by atoms with Gasteiger partial charge < -0.3 is 0 Å². The predicted octanol–water partition coefficient (Wildman–Crippen LogP) is 3.31. The van der Waals surface area contributed by atoms with Gasteiger partial charge in [0.2, 0.25) is 0 Å². The topological polar surface area (TPSA) is 0 Å². The molecule has 0 fully saturated rings. The maximum Gasteiger partial charge on any atom is -0.0322 e. The van der Waals surface area contributed by atoms with Gasteiger partial charge in [0, 0.05) is 0 Å². The molecule has 9 heavy (non-hydrogen) atoms. The maximum absolute atomic E-state index is 3.80. The van der Waals surface area contributed by atoms with Gasteiger partial charge in [0.05, 0.1) is 0 Å². The standard InChI is InChI=1S/C9H16/c1-5-6-9(4)7-8(2)3/h7H,2,5-6H2,1,3-4H3/b9-7+. The molecular weight excluding hydrogens is 108 g/mol. The smallest absolute Gasteiger partial charge is 0.0322 e. The van der Waals surface area contributed by atoms with Crippen molar-refractivity contribution in [2.75, 3.05) is 0 Å². The van der Waals surface area contributed by atoms with E-state index >= 15 is 0 Å². The van der Waals surface area contributed by atoms with Crippen molar-refractivity contribution in [2.45, 2.75) is 33.6 Å². The van der Waals surface area contributed by atoms with Crippen LogP contribution in [-0.4, -0.2) is 0 Å². The highest BCUT2D eigenvalue weighted by molar-refractivity contribution is 5.16. The molecule has 0 aromatic rings. The summed E-state index contributed by atoms with van der Waals surface area (Å²) in [5.41, 5.74) is 2.59. The summed E-state index contributed by atoms with van der Waals surface area (Å²) in [6.45, 7) is 10.2. The van der Waals surface area contributed by atoms with Gasteiger partial charge in [0.15, 0.2) is 0 Å². The zero-order chi connectivity index (χ0) is 7.28. The summed E-state index contributed by atoms with van der Waals surface area (Å²) in [6.07, 6.45) is 4.58. The second-order valence-electron chi connectivity index (χ2n) is 2.59. The number of rotatable bonds is 3. The molecule has 0 aromatic heterocycles. The normalized spacial score (nSPS) is 11.7. The van der Waals surface area contributed by atoms with Crippen LogP contribution in [0.1, 0.15) is 33.6 Å². The van der Waals surface area contributed by atoms with Crippen LogP contribution in [0.5, 0.6) is 0 Å². The highest BCUT2D eigenvalue weighted by atomic mass is 13.9. The van der Waals surface area contributed by atoms with Crippen LogP contribution >= 0.6 is 0 Å². The number of allylic oxidation sites excluding steroid dienone is 3. The van der Waals surface area contributed by atoms with Crippen molar-refractivity contribution in [3.8, 4) is 0 Å². The molecule has 0 spiro atoms. The summed E-state index contributed by atoms with van der Waals surface area (Å²) in [7, 11) is 0. The first-order chi connectivity index (χ1) is 4.16. The molecule has 0 aliphatic heterocycles. The van der Waals surface area contributed by atoms with E-state index in [0.717, 1.165) is 5.57 Å². The Morgan fingerprint density at radius 2 is 2.00 bits per heavy atom. The lowest BCUT2D eigenvalue weighted by atomic mass is 10.1. The Balaban J connectivity index is 3.69. The van der Waals surface area contributed by atoms with E-state index in [-0.39, 0.29) is 0 Å². The third kappa shape index (κ3) is 5.35. The first-order valence-corrected chi connectivity index (χ1v) is 3.49. The van der Waals surface area contributed by atoms with Crippen LogP contribution in [0.3, 0.4) is 0 Å². The third-order valence-electron chi connectivity index (χ3n) is 1.14. The van der Waals surface area contributed by atoms with E-state index in [1.807, 2.05) is 6.92 Å². The van der Waals surface area contributed by atoms with E-state index in [9.17, 15) is 0 Å². The first kappa shape index (κ1) is 8.48. The van der Waals surface area contributed by atoms with Crippen LogP contribution < -0.4 is 0 Å². The fraction of sp³-hybridized carbons (Fsp3) is 0.556. The Morgan fingerprint density at radius 3 is 2.33 bits per heavy atom. The van der Waals surface area contributed by atoms with Gasteiger partial charge in [0.25, 0.3) is 0 Å². The quantitative estimate of drug-likeness (QED) is 0.506. The fourth-order valence-electron chi connectivity index (χ4n) is 0.887. The lowest BCUT2D eigenvalue weighted by Crippen LogP contribution is -1.74. The third-order valence-corrected chi connectivity index (χ3v) is 1.14. The van der Waals surface area contributed by atoms with E-state index < -0.39 is 0 Å². The number of hydrogen-bond acceptors (Lipinski definition) is 0. The highest BCUT2D eigenvalue weighted by Crippen LogP contribution is 2.05.